The number of rotatable bonds is 19. The number of terminal acetylenes is 1. The maximum atomic E-state index is 14.0. The molecule has 0 radical (unpaired) electrons. The standard InChI is InChI=1S/C37H66N4O5S/c1-5-9-22-41(39-47(45,46)28-31-18-14-11-15-19-31)27-35(42)34(25-30-16-12-10-13-17-30)38-36(43)32-23-29(8-4)24-33(26-32)37(44)40(20-6-2)21-7-3/h4,29-35,39,42H,5-7,9-28H2,1-3H3,(H,38,43). The fourth-order valence-electron chi connectivity index (χ4n) is 8.17. The maximum absolute atomic E-state index is 14.0. The number of aliphatic hydroxyl groups excluding tert-OH is 1. The van der Waals surface area contributed by atoms with Crippen molar-refractivity contribution in [2.75, 3.05) is 31.9 Å². The Bertz CT molecular complexity index is 1080. The van der Waals surface area contributed by atoms with E-state index in [2.05, 4.69) is 36.8 Å². The van der Waals surface area contributed by atoms with Crippen molar-refractivity contribution in [2.45, 2.75) is 148 Å². The van der Waals surface area contributed by atoms with Gasteiger partial charge in [0.25, 0.3) is 0 Å². The molecular weight excluding hydrogens is 612 g/mol. The second-order valence-electron chi connectivity index (χ2n) is 14.9. The Kier molecular flexibility index (Phi) is 17.6. The van der Waals surface area contributed by atoms with Gasteiger partial charge in [0, 0.05) is 43.9 Å². The number of hydrogen-bond donors (Lipinski definition) is 3. The van der Waals surface area contributed by atoms with Crippen molar-refractivity contribution in [3.63, 3.8) is 0 Å². The number of hydrazine groups is 1. The molecule has 3 N–H and O–H groups in total. The molecule has 3 rings (SSSR count). The minimum atomic E-state index is -3.57. The van der Waals surface area contributed by atoms with Gasteiger partial charge in [0.05, 0.1) is 17.9 Å². The van der Waals surface area contributed by atoms with Gasteiger partial charge in [0.15, 0.2) is 0 Å². The highest BCUT2D eigenvalue weighted by Gasteiger charge is 2.39. The molecular formula is C37H66N4O5S. The molecule has 10 heteroatoms. The Morgan fingerprint density at radius 1 is 0.851 bits per heavy atom. The van der Waals surface area contributed by atoms with Gasteiger partial charge in [0.1, 0.15) is 0 Å². The molecule has 2 amide bonds. The summed E-state index contributed by atoms with van der Waals surface area (Å²) in [4.78, 5) is 32.3. The van der Waals surface area contributed by atoms with E-state index in [1.807, 2.05) is 4.90 Å². The highest BCUT2D eigenvalue weighted by atomic mass is 32.2. The normalized spacial score (nSPS) is 24.4. The van der Waals surface area contributed by atoms with Gasteiger partial charge in [-0.1, -0.05) is 78.6 Å². The predicted molar refractivity (Wildman–Crippen MR) is 189 cm³/mol. The third-order valence-electron chi connectivity index (χ3n) is 10.7. The van der Waals surface area contributed by atoms with Crippen molar-refractivity contribution in [3.8, 4) is 12.3 Å². The molecule has 3 fully saturated rings. The fourth-order valence-corrected chi connectivity index (χ4v) is 9.76. The van der Waals surface area contributed by atoms with E-state index in [4.69, 9.17) is 6.42 Å². The Morgan fingerprint density at radius 2 is 1.45 bits per heavy atom. The number of amides is 2. The van der Waals surface area contributed by atoms with Gasteiger partial charge in [-0.15, -0.1) is 17.2 Å². The molecule has 0 aromatic heterocycles. The van der Waals surface area contributed by atoms with Crippen LogP contribution >= 0.6 is 0 Å². The highest BCUT2D eigenvalue weighted by Crippen LogP contribution is 2.35. The summed E-state index contributed by atoms with van der Waals surface area (Å²) in [5.41, 5.74) is 0. The van der Waals surface area contributed by atoms with Gasteiger partial charge in [-0.3, -0.25) is 9.59 Å². The van der Waals surface area contributed by atoms with Crippen molar-refractivity contribution in [1.29, 1.82) is 0 Å². The van der Waals surface area contributed by atoms with E-state index in [0.717, 1.165) is 77.0 Å². The third-order valence-corrected chi connectivity index (χ3v) is 12.1. The molecule has 0 aliphatic heterocycles. The molecule has 0 saturated heterocycles. The smallest absolute Gasteiger partial charge is 0.225 e. The molecule has 3 aliphatic rings. The van der Waals surface area contributed by atoms with Crippen molar-refractivity contribution in [3.05, 3.63) is 0 Å². The molecule has 270 valence electrons. The van der Waals surface area contributed by atoms with E-state index in [1.165, 1.54) is 12.8 Å². The van der Waals surface area contributed by atoms with E-state index in [9.17, 15) is 23.1 Å². The van der Waals surface area contributed by atoms with Crippen molar-refractivity contribution >= 4 is 21.8 Å². The van der Waals surface area contributed by atoms with Crippen LogP contribution in [0.5, 0.6) is 0 Å². The Balaban J connectivity index is 1.74. The monoisotopic (exact) mass is 678 g/mol. The van der Waals surface area contributed by atoms with Gasteiger partial charge in [-0.05, 0) is 69.6 Å². The third kappa shape index (κ3) is 13.6. The SMILES string of the molecule is C#CC1CC(C(=O)NC(CC2CCCCC2)C(O)CN(CCCC)NS(=O)(=O)CC2CCCCC2)CC(C(=O)N(CCC)CCC)C1. The number of unbranched alkanes of at least 4 members (excludes halogenated alkanes) is 1. The highest BCUT2D eigenvalue weighted by molar-refractivity contribution is 7.89. The first-order chi connectivity index (χ1) is 22.6. The molecule has 3 saturated carbocycles. The van der Waals surface area contributed by atoms with Crippen LogP contribution in [0.25, 0.3) is 0 Å². The average Bonchev–Trinajstić information content (AvgIpc) is 3.06. The lowest BCUT2D eigenvalue weighted by Gasteiger charge is -2.37. The summed E-state index contributed by atoms with van der Waals surface area (Å²) in [7, 11) is -3.57. The molecule has 5 unspecified atom stereocenters. The Hall–Kier alpha value is -1.67. The first-order valence-electron chi connectivity index (χ1n) is 19.1. The number of aliphatic hydroxyl groups is 1. The average molecular weight is 679 g/mol. The van der Waals surface area contributed by atoms with Crippen LogP contribution in [0, 0.1) is 41.9 Å². The number of nitrogens with one attached hydrogen (secondary N) is 2. The molecule has 9 nitrogen and oxygen atoms in total. The zero-order valence-electron chi connectivity index (χ0n) is 29.8. The fraction of sp³-hybridized carbons (Fsp3) is 0.892. The summed E-state index contributed by atoms with van der Waals surface area (Å²) in [5.74, 6) is 2.62. The zero-order valence-corrected chi connectivity index (χ0v) is 30.6. The van der Waals surface area contributed by atoms with Gasteiger partial charge < -0.3 is 15.3 Å². The van der Waals surface area contributed by atoms with Crippen LogP contribution in [0.15, 0.2) is 0 Å². The van der Waals surface area contributed by atoms with E-state index in [-0.39, 0.29) is 41.9 Å². The minimum absolute atomic E-state index is 0.0947. The quantitative estimate of drug-likeness (QED) is 0.120. The Labute approximate surface area is 286 Å². The van der Waals surface area contributed by atoms with E-state index < -0.39 is 28.1 Å². The topological polar surface area (TPSA) is 119 Å². The molecule has 47 heavy (non-hydrogen) atoms. The number of sulfonamides is 1. The molecule has 3 aliphatic carbocycles. The largest absolute Gasteiger partial charge is 0.390 e. The van der Waals surface area contributed by atoms with Crippen LogP contribution in [0.1, 0.15) is 136 Å². The van der Waals surface area contributed by atoms with Crippen molar-refractivity contribution < 1.29 is 23.1 Å². The van der Waals surface area contributed by atoms with Crippen LogP contribution in [-0.2, 0) is 19.6 Å². The lowest BCUT2D eigenvalue weighted by Crippen LogP contribution is -2.55. The van der Waals surface area contributed by atoms with Gasteiger partial charge in [-0.2, -0.15) is 0 Å². The first kappa shape index (κ1) is 39.8. The summed E-state index contributed by atoms with van der Waals surface area (Å²) in [6.07, 6.45) is 21.5. The number of carbonyl (C=O) groups is 2. The molecule has 0 aromatic rings. The van der Waals surface area contributed by atoms with E-state index in [1.54, 1.807) is 5.01 Å². The molecule has 0 spiro atoms. The van der Waals surface area contributed by atoms with Crippen LogP contribution in [-0.4, -0.2) is 79.3 Å². The maximum Gasteiger partial charge on any atom is 0.225 e. The summed E-state index contributed by atoms with van der Waals surface area (Å²) in [6, 6.07) is -0.519. The summed E-state index contributed by atoms with van der Waals surface area (Å²) < 4.78 is 26.5. The predicted octanol–water partition coefficient (Wildman–Crippen LogP) is 5.63. The van der Waals surface area contributed by atoms with E-state index >= 15 is 0 Å². The number of nitrogens with zero attached hydrogens (tertiary/aromatic N) is 2. The molecule has 0 heterocycles. The van der Waals surface area contributed by atoms with Gasteiger partial charge >= 0.3 is 0 Å². The van der Waals surface area contributed by atoms with Crippen LogP contribution < -0.4 is 10.1 Å². The minimum Gasteiger partial charge on any atom is -0.390 e. The second kappa shape index (κ2) is 20.8. The number of carbonyl (C=O) groups excluding carboxylic acids is 2. The molecule has 0 bridgehead atoms. The molecule has 5 atom stereocenters. The Morgan fingerprint density at radius 3 is 2.02 bits per heavy atom. The van der Waals surface area contributed by atoms with Gasteiger partial charge in [0.2, 0.25) is 21.8 Å². The molecule has 0 aromatic carbocycles. The van der Waals surface area contributed by atoms with Gasteiger partial charge in [-0.25, -0.2) is 13.4 Å². The lowest BCUT2D eigenvalue weighted by atomic mass is 9.74. The van der Waals surface area contributed by atoms with Crippen molar-refractivity contribution in [2.24, 2.45) is 29.6 Å². The van der Waals surface area contributed by atoms with E-state index in [0.29, 0.717) is 51.2 Å². The lowest BCUT2D eigenvalue weighted by molar-refractivity contribution is -0.139. The summed E-state index contributed by atoms with van der Waals surface area (Å²) >= 11 is 0. The zero-order chi connectivity index (χ0) is 34.2. The number of hydrogen-bond acceptors (Lipinski definition) is 6. The van der Waals surface area contributed by atoms with Crippen LogP contribution in [0.2, 0.25) is 0 Å². The van der Waals surface area contributed by atoms with Crippen LogP contribution in [0.4, 0.5) is 0 Å². The van der Waals surface area contributed by atoms with Crippen molar-refractivity contribution in [1.82, 2.24) is 20.1 Å². The summed E-state index contributed by atoms with van der Waals surface area (Å²) in [5, 5.41) is 16.6. The first-order valence-corrected chi connectivity index (χ1v) is 20.7. The summed E-state index contributed by atoms with van der Waals surface area (Å²) in [6.45, 7) is 8.20. The second-order valence-corrected chi connectivity index (χ2v) is 16.6. The van der Waals surface area contributed by atoms with Crippen LogP contribution in [0.3, 0.4) is 0 Å².